The molecule has 4 nitrogen and oxygen atoms in total. The molecule has 1 aromatic rings. The summed E-state index contributed by atoms with van der Waals surface area (Å²) in [5.74, 6) is 3.06. The maximum Gasteiger partial charge on any atom is 0.0998 e. The molecule has 0 radical (unpaired) electrons. The number of aliphatic imine (C=N–C) groups is 1. The lowest BCUT2D eigenvalue weighted by molar-refractivity contribution is 0.0674. The summed E-state index contributed by atoms with van der Waals surface area (Å²) in [7, 11) is 0. The third kappa shape index (κ3) is 2.05. The lowest BCUT2D eigenvalue weighted by atomic mass is 9.71. The van der Waals surface area contributed by atoms with Crippen molar-refractivity contribution in [3.05, 3.63) is 42.0 Å². The minimum absolute atomic E-state index is 0.0726. The molecular weight excluding hydrogens is 298 g/mol. The van der Waals surface area contributed by atoms with Gasteiger partial charge in [-0.3, -0.25) is 4.99 Å². The summed E-state index contributed by atoms with van der Waals surface area (Å²) in [6.45, 7) is 3.65. The molecule has 0 amide bonds. The van der Waals surface area contributed by atoms with Crippen molar-refractivity contribution in [1.82, 2.24) is 4.90 Å². The number of nitrogens with two attached hydrogens (primary N) is 1. The summed E-state index contributed by atoms with van der Waals surface area (Å²) < 4.78 is 5.51. The van der Waals surface area contributed by atoms with E-state index in [2.05, 4.69) is 29.2 Å². The molecule has 1 spiro atoms. The van der Waals surface area contributed by atoms with Crippen LogP contribution in [0.4, 0.5) is 5.69 Å². The maximum absolute atomic E-state index is 5.91. The predicted octanol–water partition coefficient (Wildman–Crippen LogP) is 2.82. The van der Waals surface area contributed by atoms with Gasteiger partial charge in [0.15, 0.2) is 0 Å². The minimum atomic E-state index is 0.0726. The Balaban J connectivity index is 1.52. The van der Waals surface area contributed by atoms with Crippen LogP contribution in [0.3, 0.4) is 0 Å². The van der Waals surface area contributed by atoms with Gasteiger partial charge < -0.3 is 15.4 Å². The van der Waals surface area contributed by atoms with E-state index < -0.39 is 0 Å². The monoisotopic (exact) mass is 323 g/mol. The van der Waals surface area contributed by atoms with Crippen molar-refractivity contribution in [1.29, 1.82) is 0 Å². The normalized spacial score (nSPS) is 37.4. The van der Waals surface area contributed by atoms with Gasteiger partial charge in [-0.25, -0.2) is 0 Å². The zero-order valence-corrected chi connectivity index (χ0v) is 14.0. The molecule has 2 fully saturated rings. The SMILES string of the molecule is Nc1ccc(C2C3C=CC(C3)C23CCC(N2CCOCC2)=N3)cc1. The topological polar surface area (TPSA) is 50.8 Å². The first-order chi connectivity index (χ1) is 11.8. The second-order valence-electron chi connectivity index (χ2n) is 7.65. The average molecular weight is 323 g/mol. The van der Waals surface area contributed by atoms with E-state index in [0.717, 1.165) is 38.4 Å². The third-order valence-electron chi connectivity index (χ3n) is 6.48. The van der Waals surface area contributed by atoms with Crippen LogP contribution in [0.25, 0.3) is 0 Å². The van der Waals surface area contributed by atoms with Crippen LogP contribution in [0.15, 0.2) is 41.4 Å². The molecule has 4 heteroatoms. The first-order valence-corrected chi connectivity index (χ1v) is 9.21. The maximum atomic E-state index is 5.91. The van der Waals surface area contributed by atoms with E-state index in [4.69, 9.17) is 15.5 Å². The molecular formula is C20H25N3O. The van der Waals surface area contributed by atoms with E-state index in [1.54, 1.807) is 0 Å². The zero-order valence-electron chi connectivity index (χ0n) is 14.0. The summed E-state index contributed by atoms with van der Waals surface area (Å²) in [6.07, 6.45) is 8.42. The van der Waals surface area contributed by atoms with Gasteiger partial charge in [-0.2, -0.15) is 0 Å². The van der Waals surface area contributed by atoms with Gasteiger partial charge in [-0.15, -0.1) is 0 Å². The summed E-state index contributed by atoms with van der Waals surface area (Å²) in [5, 5.41) is 0. The highest BCUT2D eigenvalue weighted by atomic mass is 16.5. The van der Waals surface area contributed by atoms with Crippen LogP contribution < -0.4 is 5.73 Å². The Bertz CT molecular complexity index is 689. The van der Waals surface area contributed by atoms with Gasteiger partial charge in [0.1, 0.15) is 0 Å². The molecule has 24 heavy (non-hydrogen) atoms. The number of amidine groups is 1. The summed E-state index contributed by atoms with van der Waals surface area (Å²) in [5.41, 5.74) is 8.23. The third-order valence-corrected chi connectivity index (χ3v) is 6.48. The van der Waals surface area contributed by atoms with Crippen molar-refractivity contribution in [2.24, 2.45) is 16.8 Å². The highest BCUT2D eigenvalue weighted by Crippen LogP contribution is 2.60. The van der Waals surface area contributed by atoms with Crippen molar-refractivity contribution >= 4 is 11.5 Å². The largest absolute Gasteiger partial charge is 0.399 e. The molecule has 5 rings (SSSR count). The molecule has 4 aliphatic rings. The second kappa shape index (κ2) is 5.35. The van der Waals surface area contributed by atoms with Gasteiger partial charge in [0.05, 0.1) is 24.6 Å². The number of rotatable bonds is 1. The van der Waals surface area contributed by atoms with Crippen LogP contribution in [-0.2, 0) is 4.74 Å². The fourth-order valence-electron chi connectivity index (χ4n) is 5.39. The van der Waals surface area contributed by atoms with E-state index in [1.807, 2.05) is 12.1 Å². The molecule has 2 aliphatic heterocycles. The smallest absolute Gasteiger partial charge is 0.0998 e. The Labute approximate surface area is 143 Å². The summed E-state index contributed by atoms with van der Waals surface area (Å²) in [4.78, 5) is 7.86. The Hall–Kier alpha value is -1.81. The summed E-state index contributed by atoms with van der Waals surface area (Å²) >= 11 is 0. The number of anilines is 1. The van der Waals surface area contributed by atoms with E-state index in [-0.39, 0.29) is 5.54 Å². The zero-order chi connectivity index (χ0) is 16.1. The number of nitrogens with zero attached hydrogens (tertiary/aromatic N) is 2. The molecule has 1 saturated heterocycles. The number of allylic oxidation sites excluding steroid dienone is 1. The molecule has 2 bridgehead atoms. The first kappa shape index (κ1) is 14.5. The fourth-order valence-corrected chi connectivity index (χ4v) is 5.39. The Morgan fingerprint density at radius 3 is 2.71 bits per heavy atom. The molecule has 4 atom stereocenters. The Morgan fingerprint density at radius 1 is 1.12 bits per heavy atom. The van der Waals surface area contributed by atoms with Crippen LogP contribution in [0.1, 0.15) is 30.7 Å². The molecule has 0 aromatic heterocycles. The first-order valence-electron chi connectivity index (χ1n) is 9.21. The van der Waals surface area contributed by atoms with Gasteiger partial charge in [0.25, 0.3) is 0 Å². The van der Waals surface area contributed by atoms with Crippen molar-refractivity contribution in [3.8, 4) is 0 Å². The van der Waals surface area contributed by atoms with Crippen molar-refractivity contribution in [2.45, 2.75) is 30.7 Å². The van der Waals surface area contributed by atoms with Crippen LogP contribution in [0, 0.1) is 11.8 Å². The highest BCUT2D eigenvalue weighted by Gasteiger charge is 2.58. The van der Waals surface area contributed by atoms with Gasteiger partial charge >= 0.3 is 0 Å². The Kier molecular flexibility index (Phi) is 3.24. The van der Waals surface area contributed by atoms with Gasteiger partial charge in [-0.05, 0) is 36.5 Å². The molecule has 2 N–H and O–H groups in total. The lowest BCUT2D eigenvalue weighted by Gasteiger charge is -2.37. The van der Waals surface area contributed by atoms with Crippen LogP contribution in [0.2, 0.25) is 0 Å². The van der Waals surface area contributed by atoms with Crippen LogP contribution in [0.5, 0.6) is 0 Å². The van der Waals surface area contributed by atoms with E-state index in [0.29, 0.717) is 17.8 Å². The highest BCUT2D eigenvalue weighted by molar-refractivity contribution is 5.85. The number of hydrogen-bond donors (Lipinski definition) is 1. The molecule has 2 heterocycles. The fraction of sp³-hybridized carbons (Fsp3) is 0.550. The van der Waals surface area contributed by atoms with E-state index in [1.165, 1.54) is 24.2 Å². The second-order valence-corrected chi connectivity index (χ2v) is 7.65. The van der Waals surface area contributed by atoms with Crippen LogP contribution >= 0.6 is 0 Å². The van der Waals surface area contributed by atoms with Crippen molar-refractivity contribution in [3.63, 3.8) is 0 Å². The van der Waals surface area contributed by atoms with Gasteiger partial charge in [0.2, 0.25) is 0 Å². The Morgan fingerprint density at radius 2 is 1.92 bits per heavy atom. The number of morpholine rings is 1. The molecule has 126 valence electrons. The van der Waals surface area contributed by atoms with Gasteiger partial charge in [0, 0.05) is 37.0 Å². The number of benzene rings is 1. The standard InChI is InChI=1S/C20H25N3O/c21-17-5-2-14(3-6-17)19-15-1-4-16(13-15)20(19)8-7-18(22-20)23-9-11-24-12-10-23/h1-6,15-16,19H,7-13,21H2. The van der Waals surface area contributed by atoms with Crippen molar-refractivity contribution < 1.29 is 4.74 Å². The van der Waals surface area contributed by atoms with E-state index in [9.17, 15) is 0 Å². The molecule has 2 aliphatic carbocycles. The van der Waals surface area contributed by atoms with E-state index >= 15 is 0 Å². The molecule has 1 aromatic carbocycles. The van der Waals surface area contributed by atoms with Crippen LogP contribution in [-0.4, -0.2) is 42.6 Å². The van der Waals surface area contributed by atoms with Gasteiger partial charge in [-0.1, -0.05) is 24.3 Å². The average Bonchev–Trinajstić information content (AvgIpc) is 3.32. The molecule has 1 saturated carbocycles. The predicted molar refractivity (Wildman–Crippen MR) is 96.1 cm³/mol. The summed E-state index contributed by atoms with van der Waals surface area (Å²) in [6, 6.07) is 8.53. The number of ether oxygens (including phenoxy) is 1. The quantitative estimate of drug-likeness (QED) is 0.639. The number of hydrogen-bond acceptors (Lipinski definition) is 4. The lowest BCUT2D eigenvalue weighted by Crippen LogP contribution is -2.40. The van der Waals surface area contributed by atoms with Crippen molar-refractivity contribution in [2.75, 3.05) is 32.0 Å². The minimum Gasteiger partial charge on any atom is -0.399 e. The molecule has 4 unspecified atom stereocenters. The number of fused-ring (bicyclic) bond motifs is 3. The number of nitrogen functional groups attached to an aromatic ring is 1.